The molecule has 24 heavy (non-hydrogen) atoms. The number of hydrogen-bond acceptors (Lipinski definition) is 5. The summed E-state index contributed by atoms with van der Waals surface area (Å²) >= 11 is 0. The van der Waals surface area contributed by atoms with Crippen molar-refractivity contribution in [2.75, 3.05) is 24.5 Å². The van der Waals surface area contributed by atoms with Crippen LogP contribution in [0.5, 0.6) is 0 Å². The number of likely N-dealkylation sites (tertiary alicyclic amines) is 1. The van der Waals surface area contributed by atoms with Crippen LogP contribution in [-0.2, 0) is 0 Å². The van der Waals surface area contributed by atoms with Crippen LogP contribution < -0.4 is 4.90 Å². The Bertz CT molecular complexity index is 715. The molecule has 0 N–H and O–H groups in total. The molecule has 0 aromatic carbocycles. The molecule has 0 saturated carbocycles. The van der Waals surface area contributed by atoms with E-state index in [-0.39, 0.29) is 5.91 Å². The summed E-state index contributed by atoms with van der Waals surface area (Å²) in [7, 11) is 0. The first-order valence-corrected chi connectivity index (χ1v) is 8.62. The van der Waals surface area contributed by atoms with Crippen molar-refractivity contribution in [1.82, 2.24) is 15.0 Å². The maximum absolute atomic E-state index is 12.6. The van der Waals surface area contributed by atoms with E-state index in [1.807, 2.05) is 23.2 Å². The smallest absolute Gasteiger partial charge is 0.276 e. The van der Waals surface area contributed by atoms with Gasteiger partial charge in [0.15, 0.2) is 5.69 Å². The Balaban J connectivity index is 1.48. The van der Waals surface area contributed by atoms with Gasteiger partial charge < -0.3 is 14.3 Å². The Kier molecular flexibility index (Phi) is 3.96. The van der Waals surface area contributed by atoms with Crippen molar-refractivity contribution in [3.8, 4) is 0 Å². The molecule has 6 heteroatoms. The van der Waals surface area contributed by atoms with E-state index >= 15 is 0 Å². The van der Waals surface area contributed by atoms with Gasteiger partial charge in [0.1, 0.15) is 11.6 Å². The number of aromatic nitrogens is 2. The molecule has 2 aromatic heterocycles. The van der Waals surface area contributed by atoms with Crippen molar-refractivity contribution in [1.29, 1.82) is 0 Å². The standard InChI is InChI=1S/C18H22N4O2/c1-13-12-15(20-24-13)18(23)21-9-5-14-6-11-22(16(14)7-10-21)17-4-2-3-8-19-17/h2-4,8,12,14,16H,5-7,9-11H2,1H3. The third kappa shape index (κ3) is 2.77. The molecule has 2 saturated heterocycles. The van der Waals surface area contributed by atoms with E-state index in [1.165, 1.54) is 6.42 Å². The van der Waals surface area contributed by atoms with Crippen molar-refractivity contribution >= 4 is 11.7 Å². The maximum atomic E-state index is 12.6. The van der Waals surface area contributed by atoms with Crippen LogP contribution in [0.3, 0.4) is 0 Å². The molecular formula is C18H22N4O2. The monoisotopic (exact) mass is 326 g/mol. The summed E-state index contributed by atoms with van der Waals surface area (Å²) in [5.41, 5.74) is 0.418. The summed E-state index contributed by atoms with van der Waals surface area (Å²) in [6.45, 7) is 4.42. The second-order valence-electron chi connectivity index (χ2n) is 6.69. The molecule has 2 atom stereocenters. The molecule has 0 aliphatic carbocycles. The number of pyridine rings is 1. The molecule has 126 valence electrons. The van der Waals surface area contributed by atoms with E-state index in [2.05, 4.69) is 21.1 Å². The lowest BCUT2D eigenvalue weighted by molar-refractivity contribution is 0.0748. The van der Waals surface area contributed by atoms with Gasteiger partial charge in [0.25, 0.3) is 5.91 Å². The van der Waals surface area contributed by atoms with Gasteiger partial charge in [-0.2, -0.15) is 0 Å². The largest absolute Gasteiger partial charge is 0.361 e. The molecule has 2 aromatic rings. The number of carbonyl (C=O) groups is 1. The van der Waals surface area contributed by atoms with Crippen LogP contribution in [0.4, 0.5) is 5.82 Å². The zero-order valence-electron chi connectivity index (χ0n) is 13.9. The molecular weight excluding hydrogens is 304 g/mol. The zero-order chi connectivity index (χ0) is 16.5. The van der Waals surface area contributed by atoms with Gasteiger partial charge in [0, 0.05) is 37.9 Å². The summed E-state index contributed by atoms with van der Waals surface area (Å²) in [6, 6.07) is 8.25. The van der Waals surface area contributed by atoms with Crippen molar-refractivity contribution in [3.63, 3.8) is 0 Å². The van der Waals surface area contributed by atoms with E-state index < -0.39 is 0 Å². The minimum atomic E-state index is -0.0174. The summed E-state index contributed by atoms with van der Waals surface area (Å²) in [6.07, 6.45) is 5.04. The molecule has 1 amide bonds. The first kappa shape index (κ1) is 15.2. The van der Waals surface area contributed by atoms with Gasteiger partial charge in [-0.15, -0.1) is 0 Å². The Morgan fingerprint density at radius 2 is 2.04 bits per heavy atom. The maximum Gasteiger partial charge on any atom is 0.276 e. The number of rotatable bonds is 2. The Morgan fingerprint density at radius 3 is 2.79 bits per heavy atom. The number of fused-ring (bicyclic) bond motifs is 1. The number of amides is 1. The highest BCUT2D eigenvalue weighted by atomic mass is 16.5. The van der Waals surface area contributed by atoms with E-state index in [9.17, 15) is 4.79 Å². The Labute approximate surface area is 141 Å². The fourth-order valence-electron chi connectivity index (χ4n) is 4.01. The molecule has 0 spiro atoms. The van der Waals surface area contributed by atoms with Crippen LogP contribution in [0.1, 0.15) is 35.5 Å². The number of nitrogens with zero attached hydrogens (tertiary/aromatic N) is 4. The molecule has 2 aliphatic heterocycles. The number of hydrogen-bond donors (Lipinski definition) is 0. The topological polar surface area (TPSA) is 62.5 Å². The minimum Gasteiger partial charge on any atom is -0.361 e. The lowest BCUT2D eigenvalue weighted by atomic mass is 9.96. The van der Waals surface area contributed by atoms with Crippen molar-refractivity contribution in [2.24, 2.45) is 5.92 Å². The normalized spacial score (nSPS) is 23.9. The van der Waals surface area contributed by atoms with E-state index in [4.69, 9.17) is 4.52 Å². The van der Waals surface area contributed by atoms with Gasteiger partial charge in [-0.3, -0.25) is 4.79 Å². The third-order valence-electron chi connectivity index (χ3n) is 5.23. The minimum absolute atomic E-state index is 0.0174. The predicted molar refractivity (Wildman–Crippen MR) is 89.9 cm³/mol. The lowest BCUT2D eigenvalue weighted by Crippen LogP contribution is -2.36. The van der Waals surface area contributed by atoms with Crippen LogP contribution >= 0.6 is 0 Å². The summed E-state index contributed by atoms with van der Waals surface area (Å²) in [5, 5.41) is 3.87. The van der Waals surface area contributed by atoms with Gasteiger partial charge in [-0.1, -0.05) is 11.2 Å². The van der Waals surface area contributed by atoms with E-state index in [0.29, 0.717) is 23.4 Å². The Hall–Kier alpha value is -2.37. The van der Waals surface area contributed by atoms with Crippen molar-refractivity contribution in [3.05, 3.63) is 41.9 Å². The first-order valence-electron chi connectivity index (χ1n) is 8.62. The summed E-state index contributed by atoms with van der Waals surface area (Å²) in [5.74, 6) is 2.34. The van der Waals surface area contributed by atoms with E-state index in [0.717, 1.165) is 38.3 Å². The molecule has 4 rings (SSSR count). The lowest BCUT2D eigenvalue weighted by Gasteiger charge is -2.28. The van der Waals surface area contributed by atoms with E-state index in [1.54, 1.807) is 13.0 Å². The average Bonchev–Trinajstić information content (AvgIpc) is 3.16. The highest BCUT2D eigenvalue weighted by Crippen LogP contribution is 2.34. The number of carbonyl (C=O) groups excluding carboxylic acids is 1. The van der Waals surface area contributed by atoms with Crippen LogP contribution in [0, 0.1) is 12.8 Å². The first-order chi connectivity index (χ1) is 11.7. The molecule has 2 unspecified atom stereocenters. The third-order valence-corrected chi connectivity index (χ3v) is 5.23. The van der Waals surface area contributed by atoms with Crippen molar-refractivity contribution in [2.45, 2.75) is 32.2 Å². The van der Waals surface area contributed by atoms with Gasteiger partial charge in [-0.05, 0) is 44.2 Å². The quantitative estimate of drug-likeness (QED) is 0.848. The highest BCUT2D eigenvalue weighted by Gasteiger charge is 2.37. The second kappa shape index (κ2) is 6.26. The summed E-state index contributed by atoms with van der Waals surface area (Å²) < 4.78 is 5.04. The fourth-order valence-corrected chi connectivity index (χ4v) is 4.01. The average molecular weight is 326 g/mol. The Morgan fingerprint density at radius 1 is 1.21 bits per heavy atom. The van der Waals surface area contributed by atoms with Crippen LogP contribution in [0.2, 0.25) is 0 Å². The van der Waals surface area contributed by atoms with Crippen LogP contribution in [-0.4, -0.2) is 46.6 Å². The van der Waals surface area contributed by atoms with Crippen LogP contribution in [0.25, 0.3) is 0 Å². The fraction of sp³-hybridized carbons (Fsp3) is 0.500. The highest BCUT2D eigenvalue weighted by molar-refractivity contribution is 5.92. The van der Waals surface area contributed by atoms with Gasteiger partial charge >= 0.3 is 0 Å². The SMILES string of the molecule is Cc1cc(C(=O)N2CCC3CCN(c4ccccn4)C3CC2)no1. The van der Waals surface area contributed by atoms with Crippen molar-refractivity contribution < 1.29 is 9.32 Å². The molecule has 6 nitrogen and oxygen atoms in total. The van der Waals surface area contributed by atoms with Gasteiger partial charge in [0.05, 0.1) is 0 Å². The summed E-state index contributed by atoms with van der Waals surface area (Å²) in [4.78, 5) is 21.5. The molecule has 2 fully saturated rings. The second-order valence-corrected chi connectivity index (χ2v) is 6.69. The van der Waals surface area contributed by atoms with Gasteiger partial charge in [0.2, 0.25) is 0 Å². The number of aryl methyl sites for hydroxylation is 1. The molecule has 4 heterocycles. The zero-order valence-corrected chi connectivity index (χ0v) is 13.9. The molecule has 0 radical (unpaired) electrons. The molecule has 0 bridgehead atoms. The van der Waals surface area contributed by atoms with Gasteiger partial charge in [-0.25, -0.2) is 4.98 Å². The van der Waals surface area contributed by atoms with Crippen LogP contribution in [0.15, 0.2) is 35.0 Å². The number of anilines is 1. The molecule has 2 aliphatic rings. The predicted octanol–water partition coefficient (Wildman–Crippen LogP) is 2.51.